The molecule has 0 saturated heterocycles. The van der Waals surface area contributed by atoms with Crippen LogP contribution in [0.15, 0.2) is 77.8 Å². The number of aromatic hydroxyl groups is 1. The Balaban J connectivity index is 1.83. The van der Waals surface area contributed by atoms with E-state index in [1.807, 2.05) is 62.6 Å². The summed E-state index contributed by atoms with van der Waals surface area (Å²) in [5.41, 5.74) is 10.5. The van der Waals surface area contributed by atoms with Crippen LogP contribution in [0.1, 0.15) is 22.3 Å². The van der Waals surface area contributed by atoms with Crippen LogP contribution in [-0.2, 0) is 11.3 Å². The highest BCUT2D eigenvalue weighted by molar-refractivity contribution is 6.22. The summed E-state index contributed by atoms with van der Waals surface area (Å²) in [4.78, 5) is 21.0. The summed E-state index contributed by atoms with van der Waals surface area (Å²) < 4.78 is 0. The normalized spacial score (nSPS) is 11.4. The summed E-state index contributed by atoms with van der Waals surface area (Å²) in [6.07, 6.45) is 0. The SMILES string of the molecule is CN(C)Cc1ccc(N=C(c2ccccc2)c2c(O)[nH]c3cc(C#CC(N)=O)ccc23)cc1. The molecule has 164 valence electrons. The minimum atomic E-state index is -0.694. The molecule has 0 aliphatic heterocycles. The molecule has 0 fully saturated rings. The van der Waals surface area contributed by atoms with Crippen molar-refractivity contribution >= 4 is 28.2 Å². The van der Waals surface area contributed by atoms with Crippen LogP contribution >= 0.6 is 0 Å². The average molecular weight is 437 g/mol. The number of aromatic nitrogens is 1. The number of hydrogen-bond acceptors (Lipinski definition) is 4. The predicted octanol–water partition coefficient (Wildman–Crippen LogP) is 3.94. The van der Waals surface area contributed by atoms with Gasteiger partial charge in [-0.1, -0.05) is 54.5 Å². The lowest BCUT2D eigenvalue weighted by Crippen LogP contribution is -2.10. The smallest absolute Gasteiger partial charge is 0.293 e. The number of fused-ring (bicyclic) bond motifs is 1. The molecule has 0 atom stereocenters. The van der Waals surface area contributed by atoms with E-state index in [1.54, 1.807) is 12.1 Å². The highest BCUT2D eigenvalue weighted by Gasteiger charge is 2.18. The van der Waals surface area contributed by atoms with E-state index < -0.39 is 5.91 Å². The number of primary amides is 1. The maximum atomic E-state index is 11.0. The zero-order valence-electron chi connectivity index (χ0n) is 18.5. The Bertz CT molecular complexity index is 1390. The lowest BCUT2D eigenvalue weighted by Gasteiger charge is -2.10. The molecule has 33 heavy (non-hydrogen) atoms. The van der Waals surface area contributed by atoms with Crippen molar-refractivity contribution in [3.8, 4) is 17.7 Å². The number of nitrogens with zero attached hydrogens (tertiary/aromatic N) is 2. The third-order valence-electron chi connectivity index (χ3n) is 5.07. The number of nitrogens with two attached hydrogens (primary N) is 1. The van der Waals surface area contributed by atoms with Crippen LogP contribution in [0, 0.1) is 11.8 Å². The van der Waals surface area contributed by atoms with E-state index in [0.717, 1.165) is 23.2 Å². The number of carbonyl (C=O) groups is 1. The Hall–Kier alpha value is -4.34. The number of carbonyl (C=O) groups excluding carboxylic acids is 1. The first-order valence-electron chi connectivity index (χ1n) is 10.4. The molecule has 4 aromatic rings. The van der Waals surface area contributed by atoms with E-state index in [-0.39, 0.29) is 5.88 Å². The highest BCUT2D eigenvalue weighted by atomic mass is 16.3. The molecule has 0 unspecified atom stereocenters. The van der Waals surface area contributed by atoms with Gasteiger partial charge in [0.15, 0.2) is 5.88 Å². The fourth-order valence-corrected chi connectivity index (χ4v) is 3.67. The second kappa shape index (κ2) is 9.43. The molecule has 0 aliphatic carbocycles. The standard InChI is InChI=1S/C27H24N4O2/c1-31(2)17-19-8-12-21(13-9-19)29-26(20-6-4-3-5-7-20)25-22-14-10-18(11-15-24(28)32)16-23(22)30-27(25)33/h3-10,12-14,16,30,33H,17H2,1-2H3,(H2,28,32). The van der Waals surface area contributed by atoms with Crippen LogP contribution in [0.5, 0.6) is 5.88 Å². The van der Waals surface area contributed by atoms with Crippen molar-refractivity contribution in [2.75, 3.05) is 14.1 Å². The van der Waals surface area contributed by atoms with Crippen LogP contribution in [0.25, 0.3) is 10.9 Å². The number of nitrogens with one attached hydrogen (secondary N) is 1. The number of amides is 1. The number of rotatable bonds is 5. The largest absolute Gasteiger partial charge is 0.494 e. The second-order valence-electron chi connectivity index (χ2n) is 7.95. The zero-order chi connectivity index (χ0) is 23.4. The molecule has 1 aromatic heterocycles. The Kier molecular flexibility index (Phi) is 6.25. The third kappa shape index (κ3) is 5.12. The number of hydrogen-bond donors (Lipinski definition) is 3. The second-order valence-corrected chi connectivity index (χ2v) is 7.95. The predicted molar refractivity (Wildman–Crippen MR) is 132 cm³/mol. The summed E-state index contributed by atoms with van der Waals surface area (Å²) in [5.74, 6) is 4.37. The first-order valence-corrected chi connectivity index (χ1v) is 10.4. The van der Waals surface area contributed by atoms with Crippen molar-refractivity contribution < 1.29 is 9.90 Å². The Morgan fingerprint density at radius 3 is 2.45 bits per heavy atom. The molecule has 4 N–H and O–H groups in total. The molecule has 0 bridgehead atoms. The minimum Gasteiger partial charge on any atom is -0.494 e. The summed E-state index contributed by atoms with van der Waals surface area (Å²) >= 11 is 0. The third-order valence-corrected chi connectivity index (χ3v) is 5.07. The lowest BCUT2D eigenvalue weighted by atomic mass is 10.00. The number of aliphatic imine (C=N–C) groups is 1. The van der Waals surface area contributed by atoms with Crippen molar-refractivity contribution in [2.24, 2.45) is 10.7 Å². The van der Waals surface area contributed by atoms with Gasteiger partial charge in [-0.15, -0.1) is 0 Å². The fourth-order valence-electron chi connectivity index (χ4n) is 3.67. The molecule has 3 aromatic carbocycles. The van der Waals surface area contributed by atoms with Gasteiger partial charge in [0.05, 0.1) is 22.5 Å². The van der Waals surface area contributed by atoms with Gasteiger partial charge in [-0.2, -0.15) is 0 Å². The highest BCUT2D eigenvalue weighted by Crippen LogP contribution is 2.32. The van der Waals surface area contributed by atoms with Crippen LogP contribution < -0.4 is 5.73 Å². The van der Waals surface area contributed by atoms with E-state index in [0.29, 0.717) is 22.4 Å². The average Bonchev–Trinajstić information content (AvgIpc) is 3.12. The van der Waals surface area contributed by atoms with Crippen LogP contribution in [0.2, 0.25) is 0 Å². The van der Waals surface area contributed by atoms with Crippen molar-refractivity contribution in [3.05, 3.63) is 95.1 Å². The van der Waals surface area contributed by atoms with Crippen LogP contribution in [0.3, 0.4) is 0 Å². The summed E-state index contributed by atoms with van der Waals surface area (Å²) in [6.45, 7) is 0.847. The van der Waals surface area contributed by atoms with E-state index in [9.17, 15) is 9.90 Å². The van der Waals surface area contributed by atoms with Gasteiger partial charge in [0.25, 0.3) is 5.91 Å². The summed E-state index contributed by atoms with van der Waals surface area (Å²) in [7, 11) is 4.06. The van der Waals surface area contributed by atoms with E-state index >= 15 is 0 Å². The van der Waals surface area contributed by atoms with Gasteiger partial charge in [-0.3, -0.25) is 4.79 Å². The summed E-state index contributed by atoms with van der Waals surface area (Å²) in [5, 5.41) is 11.6. The van der Waals surface area contributed by atoms with Gasteiger partial charge in [-0.25, -0.2) is 4.99 Å². The molecule has 4 rings (SSSR count). The van der Waals surface area contributed by atoms with E-state index in [1.165, 1.54) is 5.56 Å². The van der Waals surface area contributed by atoms with Gasteiger partial charge in [0.1, 0.15) is 0 Å². The van der Waals surface area contributed by atoms with Crippen molar-refractivity contribution in [3.63, 3.8) is 0 Å². The minimum absolute atomic E-state index is 0.0110. The monoisotopic (exact) mass is 436 g/mol. The first kappa shape index (κ1) is 21.9. The van der Waals surface area contributed by atoms with E-state index in [2.05, 4.69) is 33.9 Å². The van der Waals surface area contributed by atoms with Gasteiger partial charge >= 0.3 is 0 Å². The Labute approximate surface area is 192 Å². The first-order chi connectivity index (χ1) is 15.9. The van der Waals surface area contributed by atoms with Crippen molar-refractivity contribution in [1.82, 2.24) is 9.88 Å². The molecule has 0 aliphatic rings. The van der Waals surface area contributed by atoms with E-state index in [4.69, 9.17) is 10.7 Å². The van der Waals surface area contributed by atoms with Crippen molar-refractivity contribution in [1.29, 1.82) is 0 Å². The van der Waals surface area contributed by atoms with Gasteiger partial charge in [0, 0.05) is 23.1 Å². The molecular formula is C27H24N4O2. The quantitative estimate of drug-likeness (QED) is 0.327. The number of benzene rings is 3. The summed E-state index contributed by atoms with van der Waals surface area (Å²) in [6, 6.07) is 23.2. The maximum absolute atomic E-state index is 11.0. The lowest BCUT2D eigenvalue weighted by molar-refractivity contribution is -0.112. The molecular weight excluding hydrogens is 412 g/mol. The Morgan fingerprint density at radius 2 is 1.79 bits per heavy atom. The topological polar surface area (TPSA) is 94.7 Å². The van der Waals surface area contributed by atoms with Crippen LogP contribution in [-0.4, -0.2) is 40.7 Å². The van der Waals surface area contributed by atoms with Crippen LogP contribution in [0.4, 0.5) is 5.69 Å². The molecule has 0 saturated carbocycles. The molecule has 6 nitrogen and oxygen atoms in total. The molecule has 0 spiro atoms. The zero-order valence-corrected chi connectivity index (χ0v) is 18.5. The molecule has 0 radical (unpaired) electrons. The van der Waals surface area contributed by atoms with Crippen molar-refractivity contribution in [2.45, 2.75) is 6.54 Å². The molecule has 1 amide bonds. The molecule has 1 heterocycles. The van der Waals surface area contributed by atoms with Gasteiger partial charge in [-0.05, 0) is 49.8 Å². The number of aromatic amines is 1. The Morgan fingerprint density at radius 1 is 1.06 bits per heavy atom. The van der Waals surface area contributed by atoms with Gasteiger partial charge < -0.3 is 20.7 Å². The maximum Gasteiger partial charge on any atom is 0.293 e. The van der Waals surface area contributed by atoms with Gasteiger partial charge in [0.2, 0.25) is 0 Å². The number of H-pyrrole nitrogens is 1. The fraction of sp³-hybridized carbons (Fsp3) is 0.111. The molecule has 6 heteroatoms.